The Morgan fingerprint density at radius 1 is 1.73 bits per heavy atom. The van der Waals surface area contributed by atoms with Crippen molar-refractivity contribution < 1.29 is 9.59 Å². The van der Waals surface area contributed by atoms with Crippen molar-refractivity contribution in [3.8, 4) is 0 Å². The molecule has 0 aromatic rings. The van der Waals surface area contributed by atoms with Gasteiger partial charge in [-0.1, -0.05) is 11.8 Å². The van der Waals surface area contributed by atoms with Crippen LogP contribution in [-0.2, 0) is 9.59 Å². The van der Waals surface area contributed by atoms with Crippen LogP contribution in [0.5, 0.6) is 0 Å². The Bertz CT molecular complexity index is 291. The molecule has 0 radical (unpaired) electrons. The van der Waals surface area contributed by atoms with Crippen molar-refractivity contribution in [2.45, 2.75) is 11.8 Å². The summed E-state index contributed by atoms with van der Waals surface area (Å²) in [5.74, 6) is 1.94. The first-order valence-electron chi connectivity index (χ1n) is 3.22. The van der Waals surface area contributed by atoms with Crippen molar-refractivity contribution in [3.05, 3.63) is 17.2 Å². The lowest BCUT2D eigenvalue weighted by Crippen LogP contribution is -2.48. The smallest absolute Gasteiger partial charge is 0.230 e. The minimum absolute atomic E-state index is 0.128. The molecule has 0 unspecified atom stereocenters. The van der Waals surface area contributed by atoms with E-state index in [1.807, 2.05) is 5.94 Å². The first kappa shape index (κ1) is 6.70. The normalized spacial score (nSPS) is 27.6. The fraction of sp³-hybridized carbons (Fsp3) is 0.286. The molecule has 11 heavy (non-hydrogen) atoms. The van der Waals surface area contributed by atoms with Gasteiger partial charge < -0.3 is 4.90 Å². The van der Waals surface area contributed by atoms with Gasteiger partial charge in [0.15, 0.2) is 0 Å². The molecule has 1 amide bonds. The Kier molecular flexibility index (Phi) is 1.37. The number of carbonyl (C=O) groups is 1. The summed E-state index contributed by atoms with van der Waals surface area (Å²) in [7, 11) is 0. The zero-order valence-electron chi connectivity index (χ0n) is 5.61. The van der Waals surface area contributed by atoms with E-state index >= 15 is 0 Å². The second-order valence-electron chi connectivity index (χ2n) is 2.36. The van der Waals surface area contributed by atoms with Crippen LogP contribution in [0.15, 0.2) is 17.2 Å². The average molecular weight is 167 g/mol. The van der Waals surface area contributed by atoms with Crippen molar-refractivity contribution >= 4 is 23.6 Å². The van der Waals surface area contributed by atoms with Crippen molar-refractivity contribution in [1.29, 1.82) is 0 Å². The second-order valence-corrected chi connectivity index (χ2v) is 3.58. The Hall–Kier alpha value is -0.990. The average Bonchev–Trinajstić information content (AvgIpc) is 2.02. The number of rotatable bonds is 0. The predicted molar refractivity (Wildman–Crippen MR) is 41.2 cm³/mol. The highest BCUT2D eigenvalue weighted by Crippen LogP contribution is 2.37. The standard InChI is InChI=1S/C7H5NO2S/c9-4-5-1-2-8-6(10)3-7(8)11-5/h1-2,7H,3H2/t7-/m0/s1. The van der Waals surface area contributed by atoms with Gasteiger partial charge in [0.2, 0.25) is 5.91 Å². The highest BCUT2D eigenvalue weighted by molar-refractivity contribution is 8.04. The van der Waals surface area contributed by atoms with Crippen LogP contribution in [0.1, 0.15) is 6.42 Å². The van der Waals surface area contributed by atoms with E-state index in [1.54, 1.807) is 17.2 Å². The Labute approximate surface area is 67.7 Å². The summed E-state index contributed by atoms with van der Waals surface area (Å²) >= 11 is 1.40. The number of allylic oxidation sites excluding steroid dienone is 1. The highest BCUT2D eigenvalue weighted by Gasteiger charge is 2.37. The fourth-order valence-corrected chi connectivity index (χ4v) is 2.08. The van der Waals surface area contributed by atoms with Crippen LogP contribution in [-0.4, -0.2) is 22.1 Å². The van der Waals surface area contributed by atoms with Crippen molar-refractivity contribution in [2.24, 2.45) is 0 Å². The van der Waals surface area contributed by atoms with Crippen LogP contribution in [0.25, 0.3) is 0 Å². The molecule has 2 aliphatic rings. The molecule has 1 saturated heterocycles. The highest BCUT2D eigenvalue weighted by atomic mass is 32.2. The fourth-order valence-electron chi connectivity index (χ4n) is 1.07. The lowest BCUT2D eigenvalue weighted by atomic mass is 10.2. The molecule has 2 aliphatic heterocycles. The Morgan fingerprint density at radius 3 is 3.09 bits per heavy atom. The van der Waals surface area contributed by atoms with Crippen LogP contribution in [0.2, 0.25) is 0 Å². The molecule has 1 atom stereocenters. The molecule has 0 aliphatic carbocycles. The molecule has 0 N–H and O–H groups in total. The molecule has 0 saturated carbocycles. The molecule has 3 nitrogen and oxygen atoms in total. The van der Waals surface area contributed by atoms with Crippen LogP contribution >= 0.6 is 11.8 Å². The molecule has 2 heterocycles. The van der Waals surface area contributed by atoms with E-state index in [2.05, 4.69) is 0 Å². The maximum absolute atomic E-state index is 10.8. The van der Waals surface area contributed by atoms with Gasteiger partial charge in [0.05, 0.1) is 16.7 Å². The molecule has 0 bridgehead atoms. The number of hydrogen-bond acceptors (Lipinski definition) is 3. The van der Waals surface area contributed by atoms with E-state index in [0.29, 0.717) is 11.3 Å². The Morgan fingerprint density at radius 2 is 2.55 bits per heavy atom. The van der Waals surface area contributed by atoms with E-state index in [0.717, 1.165) is 0 Å². The molecular weight excluding hydrogens is 162 g/mol. The third-order valence-electron chi connectivity index (χ3n) is 1.70. The topological polar surface area (TPSA) is 37.4 Å². The quantitative estimate of drug-likeness (QED) is 0.390. The monoisotopic (exact) mass is 167 g/mol. The SMILES string of the molecule is O=C=C1C=CN2C(=O)C[C@@H]2S1. The molecule has 56 valence electrons. The predicted octanol–water partition coefficient (Wildman–Crippen LogP) is 0.521. The van der Waals surface area contributed by atoms with Gasteiger partial charge in [0.1, 0.15) is 5.94 Å². The third kappa shape index (κ3) is 0.914. The summed E-state index contributed by atoms with van der Waals surface area (Å²) in [5, 5.41) is 0.156. The number of hydrogen-bond donors (Lipinski definition) is 0. The molecule has 0 spiro atoms. The van der Waals surface area contributed by atoms with Crippen LogP contribution in [0.3, 0.4) is 0 Å². The number of amides is 1. The lowest BCUT2D eigenvalue weighted by Gasteiger charge is -2.39. The van der Waals surface area contributed by atoms with Crippen molar-refractivity contribution in [1.82, 2.24) is 4.90 Å². The zero-order chi connectivity index (χ0) is 7.84. The summed E-state index contributed by atoms with van der Waals surface area (Å²) in [4.78, 5) is 23.2. The minimum atomic E-state index is 0.128. The van der Waals surface area contributed by atoms with Crippen molar-refractivity contribution in [3.63, 3.8) is 0 Å². The number of β-lactam (4-membered cyclic amide) rings is 1. The summed E-state index contributed by atoms with van der Waals surface area (Å²) in [6, 6.07) is 0. The van der Waals surface area contributed by atoms with Gasteiger partial charge in [-0.15, -0.1) is 0 Å². The molecule has 1 fully saturated rings. The third-order valence-corrected chi connectivity index (χ3v) is 2.84. The molecular formula is C7H5NO2S. The summed E-state index contributed by atoms with van der Waals surface area (Å²) < 4.78 is 0. The van der Waals surface area contributed by atoms with E-state index in [4.69, 9.17) is 0 Å². The second kappa shape index (κ2) is 2.26. The van der Waals surface area contributed by atoms with Gasteiger partial charge in [-0.3, -0.25) is 4.79 Å². The number of carbonyl (C=O) groups excluding carboxylic acids is 2. The maximum Gasteiger partial charge on any atom is 0.230 e. The summed E-state index contributed by atoms with van der Waals surface area (Å²) in [6.07, 6.45) is 3.80. The van der Waals surface area contributed by atoms with Gasteiger partial charge >= 0.3 is 0 Å². The zero-order valence-corrected chi connectivity index (χ0v) is 6.43. The van der Waals surface area contributed by atoms with E-state index in [-0.39, 0.29) is 11.3 Å². The van der Waals surface area contributed by atoms with Crippen LogP contribution < -0.4 is 0 Å². The number of nitrogens with zero attached hydrogens (tertiary/aromatic N) is 1. The van der Waals surface area contributed by atoms with E-state index in [1.165, 1.54) is 11.8 Å². The van der Waals surface area contributed by atoms with Gasteiger partial charge in [0.25, 0.3) is 0 Å². The number of fused-ring (bicyclic) bond motifs is 1. The Balaban J connectivity index is 2.24. The number of thioether (sulfide) groups is 1. The van der Waals surface area contributed by atoms with Gasteiger partial charge in [-0.2, -0.15) is 0 Å². The molecule has 0 aromatic heterocycles. The van der Waals surface area contributed by atoms with Crippen LogP contribution in [0.4, 0.5) is 0 Å². The molecule has 2 rings (SSSR count). The molecule has 0 aromatic carbocycles. The first-order chi connectivity index (χ1) is 5.31. The maximum atomic E-state index is 10.8. The first-order valence-corrected chi connectivity index (χ1v) is 4.10. The molecule has 4 heteroatoms. The van der Waals surface area contributed by atoms with E-state index in [9.17, 15) is 9.59 Å². The van der Waals surface area contributed by atoms with Crippen molar-refractivity contribution in [2.75, 3.05) is 0 Å². The van der Waals surface area contributed by atoms with Gasteiger partial charge in [0, 0.05) is 6.20 Å². The van der Waals surface area contributed by atoms with Crippen LogP contribution in [0, 0.1) is 0 Å². The summed E-state index contributed by atoms with van der Waals surface area (Å²) in [5.41, 5.74) is 0. The lowest BCUT2D eigenvalue weighted by molar-refractivity contribution is -0.137. The minimum Gasteiger partial charge on any atom is -0.306 e. The summed E-state index contributed by atoms with van der Waals surface area (Å²) in [6.45, 7) is 0. The van der Waals surface area contributed by atoms with Gasteiger partial charge in [-0.25, -0.2) is 4.79 Å². The van der Waals surface area contributed by atoms with Gasteiger partial charge in [-0.05, 0) is 6.08 Å². The van der Waals surface area contributed by atoms with E-state index < -0.39 is 0 Å². The largest absolute Gasteiger partial charge is 0.306 e.